The van der Waals surface area contributed by atoms with Crippen LogP contribution in [0.5, 0.6) is 5.75 Å². The predicted octanol–water partition coefficient (Wildman–Crippen LogP) is 2.91. The van der Waals surface area contributed by atoms with E-state index in [1.165, 1.54) is 4.90 Å². The lowest BCUT2D eigenvalue weighted by atomic mass is 9.98. The average molecular weight is 416 g/mol. The standard InChI is InChI=1S/C23H33N3O4/c1-8-9-21(27)25(7)19-14-18-16-26(22(28)30-23(2,3)4)11-10-17(18)15-20(19)29-13-12-24(5)6/h14-15H,10-13,16H2,1-7H3. The van der Waals surface area contributed by atoms with E-state index < -0.39 is 5.60 Å². The van der Waals surface area contributed by atoms with Crippen LogP contribution in [0.4, 0.5) is 10.5 Å². The molecule has 1 aromatic rings. The largest absolute Gasteiger partial charge is 0.490 e. The van der Waals surface area contributed by atoms with E-state index in [0.717, 1.165) is 17.7 Å². The highest BCUT2D eigenvalue weighted by atomic mass is 16.6. The van der Waals surface area contributed by atoms with E-state index in [1.807, 2.05) is 51.9 Å². The summed E-state index contributed by atoms with van der Waals surface area (Å²) >= 11 is 0. The van der Waals surface area contributed by atoms with Crippen LogP contribution >= 0.6 is 0 Å². The molecule has 0 unspecified atom stereocenters. The molecule has 0 fully saturated rings. The lowest BCUT2D eigenvalue weighted by molar-refractivity contribution is -0.113. The van der Waals surface area contributed by atoms with E-state index in [-0.39, 0.29) is 12.0 Å². The lowest BCUT2D eigenvalue weighted by Gasteiger charge is -2.32. The SMILES string of the molecule is CC#CC(=O)N(C)c1cc2c(cc1OCCN(C)C)CCN(C(=O)OC(C)(C)C)C2. The number of rotatable bonds is 5. The van der Waals surface area contributed by atoms with Gasteiger partial charge in [-0.3, -0.25) is 4.79 Å². The van der Waals surface area contributed by atoms with E-state index in [9.17, 15) is 9.59 Å². The Balaban J connectivity index is 2.32. The molecule has 0 aromatic heterocycles. The highest BCUT2D eigenvalue weighted by Gasteiger charge is 2.27. The molecule has 0 saturated heterocycles. The van der Waals surface area contributed by atoms with E-state index in [1.54, 1.807) is 18.9 Å². The number of benzene rings is 1. The van der Waals surface area contributed by atoms with Crippen molar-refractivity contribution in [1.29, 1.82) is 0 Å². The molecule has 0 radical (unpaired) electrons. The van der Waals surface area contributed by atoms with Crippen molar-refractivity contribution < 1.29 is 19.1 Å². The Morgan fingerprint density at radius 1 is 1.17 bits per heavy atom. The summed E-state index contributed by atoms with van der Waals surface area (Å²) < 4.78 is 11.5. The minimum absolute atomic E-state index is 0.310. The highest BCUT2D eigenvalue weighted by molar-refractivity contribution is 6.06. The van der Waals surface area contributed by atoms with Crippen LogP contribution in [0.25, 0.3) is 0 Å². The molecular weight excluding hydrogens is 382 g/mol. The smallest absolute Gasteiger partial charge is 0.410 e. The number of ether oxygens (including phenoxy) is 2. The van der Waals surface area contributed by atoms with E-state index in [4.69, 9.17) is 9.47 Å². The van der Waals surface area contributed by atoms with Gasteiger partial charge in [-0.15, -0.1) is 0 Å². The van der Waals surface area contributed by atoms with Gasteiger partial charge in [0.25, 0.3) is 0 Å². The summed E-state index contributed by atoms with van der Waals surface area (Å²) in [4.78, 5) is 30.1. The van der Waals surface area contributed by atoms with Crippen LogP contribution in [0.3, 0.4) is 0 Å². The Morgan fingerprint density at radius 3 is 2.47 bits per heavy atom. The molecule has 2 rings (SSSR count). The Bertz CT molecular complexity index is 846. The quantitative estimate of drug-likeness (QED) is 0.692. The third kappa shape index (κ3) is 6.39. The predicted molar refractivity (Wildman–Crippen MR) is 118 cm³/mol. The van der Waals surface area contributed by atoms with Crippen molar-refractivity contribution in [3.63, 3.8) is 0 Å². The first kappa shape index (κ1) is 23.6. The minimum atomic E-state index is -0.544. The van der Waals surface area contributed by atoms with E-state index in [0.29, 0.717) is 37.6 Å². The van der Waals surface area contributed by atoms with Crippen LogP contribution in [0.2, 0.25) is 0 Å². The number of anilines is 1. The molecule has 7 nitrogen and oxygen atoms in total. The maximum Gasteiger partial charge on any atom is 0.410 e. The third-order valence-electron chi connectivity index (χ3n) is 4.64. The van der Waals surface area contributed by atoms with Gasteiger partial charge >= 0.3 is 12.0 Å². The first-order chi connectivity index (χ1) is 14.0. The number of carbonyl (C=O) groups is 2. The number of nitrogens with zero attached hydrogens (tertiary/aromatic N) is 3. The van der Waals surface area contributed by atoms with Crippen LogP contribution in [0.1, 0.15) is 38.8 Å². The summed E-state index contributed by atoms with van der Waals surface area (Å²) in [5, 5.41) is 0. The molecule has 0 saturated carbocycles. The summed E-state index contributed by atoms with van der Waals surface area (Å²) in [7, 11) is 5.64. The van der Waals surface area contributed by atoms with Gasteiger partial charge in [0.2, 0.25) is 0 Å². The van der Waals surface area contributed by atoms with Gasteiger partial charge in [-0.25, -0.2) is 4.79 Å². The van der Waals surface area contributed by atoms with Gasteiger partial charge in [-0.2, -0.15) is 0 Å². The fourth-order valence-electron chi connectivity index (χ4n) is 3.07. The summed E-state index contributed by atoms with van der Waals surface area (Å²) in [5.41, 5.74) is 2.19. The summed E-state index contributed by atoms with van der Waals surface area (Å²) in [6.07, 6.45) is 0.369. The van der Waals surface area contributed by atoms with Gasteiger partial charge in [0.05, 0.1) is 5.69 Å². The molecule has 1 aromatic carbocycles. The van der Waals surface area contributed by atoms with E-state index in [2.05, 4.69) is 11.8 Å². The van der Waals surface area contributed by atoms with Crippen LogP contribution in [-0.2, 0) is 22.5 Å². The van der Waals surface area contributed by atoms with Crippen LogP contribution in [0.15, 0.2) is 12.1 Å². The molecule has 0 bridgehead atoms. The zero-order chi connectivity index (χ0) is 22.5. The van der Waals surface area contributed by atoms with Crippen molar-refractivity contribution in [2.75, 3.05) is 45.7 Å². The fourth-order valence-corrected chi connectivity index (χ4v) is 3.07. The molecule has 2 amide bonds. The third-order valence-corrected chi connectivity index (χ3v) is 4.64. The van der Waals surface area contributed by atoms with Gasteiger partial charge < -0.3 is 24.2 Å². The van der Waals surface area contributed by atoms with Crippen molar-refractivity contribution in [2.45, 2.75) is 46.3 Å². The van der Waals surface area contributed by atoms with E-state index >= 15 is 0 Å². The number of likely N-dealkylation sites (N-methyl/N-ethyl adjacent to an activating group) is 1. The zero-order valence-electron chi connectivity index (χ0n) is 19.2. The van der Waals surface area contributed by atoms with Crippen LogP contribution in [-0.4, -0.2) is 68.2 Å². The van der Waals surface area contributed by atoms with Gasteiger partial charge in [0.15, 0.2) is 0 Å². The monoisotopic (exact) mass is 415 g/mol. The number of hydrogen-bond donors (Lipinski definition) is 0. The summed E-state index contributed by atoms with van der Waals surface area (Å²) in [5.74, 6) is 5.55. The molecule has 1 aliphatic heterocycles. The minimum Gasteiger partial charge on any atom is -0.490 e. The molecule has 164 valence electrons. The normalized spacial score (nSPS) is 13.3. The van der Waals surface area contributed by atoms with Gasteiger partial charge in [-0.1, -0.05) is 5.92 Å². The average Bonchev–Trinajstić information content (AvgIpc) is 2.65. The molecule has 30 heavy (non-hydrogen) atoms. The molecule has 1 aliphatic rings. The van der Waals surface area contributed by atoms with Gasteiger partial charge in [0, 0.05) is 26.7 Å². The van der Waals surface area contributed by atoms with Crippen molar-refractivity contribution in [3.05, 3.63) is 23.3 Å². The number of fused-ring (bicyclic) bond motifs is 1. The topological polar surface area (TPSA) is 62.3 Å². The van der Waals surface area contributed by atoms with Crippen molar-refractivity contribution in [3.8, 4) is 17.6 Å². The summed E-state index contributed by atoms with van der Waals surface area (Å²) in [6, 6.07) is 3.90. The molecule has 0 spiro atoms. The molecule has 0 atom stereocenters. The Hall–Kier alpha value is -2.72. The van der Waals surface area contributed by atoms with Crippen molar-refractivity contribution in [2.24, 2.45) is 0 Å². The Labute approximate surface area is 179 Å². The lowest BCUT2D eigenvalue weighted by Crippen LogP contribution is -2.40. The maximum absolute atomic E-state index is 12.5. The van der Waals surface area contributed by atoms with Crippen molar-refractivity contribution >= 4 is 17.7 Å². The first-order valence-corrected chi connectivity index (χ1v) is 10.1. The Morgan fingerprint density at radius 2 is 1.87 bits per heavy atom. The number of hydrogen-bond acceptors (Lipinski definition) is 5. The Kier molecular flexibility index (Phi) is 7.74. The molecule has 1 heterocycles. The molecular formula is C23H33N3O4. The maximum atomic E-state index is 12.5. The first-order valence-electron chi connectivity index (χ1n) is 10.1. The molecule has 0 N–H and O–H groups in total. The highest BCUT2D eigenvalue weighted by Crippen LogP contribution is 2.34. The van der Waals surface area contributed by atoms with Gasteiger partial charge in [0.1, 0.15) is 18.0 Å². The summed E-state index contributed by atoms with van der Waals surface area (Å²) in [6.45, 7) is 9.46. The van der Waals surface area contributed by atoms with Gasteiger partial charge in [-0.05, 0) is 77.4 Å². The second-order valence-electron chi connectivity index (χ2n) is 8.63. The molecule has 0 aliphatic carbocycles. The van der Waals surface area contributed by atoms with Crippen LogP contribution in [0, 0.1) is 11.8 Å². The number of carbonyl (C=O) groups excluding carboxylic acids is 2. The fraction of sp³-hybridized carbons (Fsp3) is 0.565. The number of amides is 2. The van der Waals surface area contributed by atoms with Crippen molar-refractivity contribution in [1.82, 2.24) is 9.80 Å². The second-order valence-corrected chi connectivity index (χ2v) is 8.63. The second kappa shape index (κ2) is 9.86. The van der Waals surface area contributed by atoms with Crippen LogP contribution < -0.4 is 9.64 Å². The molecule has 7 heteroatoms. The zero-order valence-corrected chi connectivity index (χ0v) is 19.2.